The van der Waals surface area contributed by atoms with Crippen LogP contribution in [0.25, 0.3) is 0 Å². The zero-order chi connectivity index (χ0) is 25.9. The lowest BCUT2D eigenvalue weighted by atomic mass is 9.86. The summed E-state index contributed by atoms with van der Waals surface area (Å²) < 4.78 is 0. The van der Waals surface area contributed by atoms with Gasteiger partial charge in [0, 0.05) is 12.6 Å². The van der Waals surface area contributed by atoms with Gasteiger partial charge in [0.15, 0.2) is 0 Å². The Balaban J connectivity index is 5.13. The van der Waals surface area contributed by atoms with Gasteiger partial charge in [-0.1, -0.05) is 86.6 Å². The van der Waals surface area contributed by atoms with E-state index in [9.17, 15) is 19.5 Å². The summed E-state index contributed by atoms with van der Waals surface area (Å²) in [5, 5.41) is 12.2. The number of carboxylic acids is 1. The van der Waals surface area contributed by atoms with Crippen molar-refractivity contribution in [3.63, 3.8) is 0 Å². The van der Waals surface area contributed by atoms with Gasteiger partial charge in [0.25, 0.3) is 0 Å². The van der Waals surface area contributed by atoms with Gasteiger partial charge in [-0.05, 0) is 30.6 Å². The van der Waals surface area contributed by atoms with Crippen molar-refractivity contribution in [1.82, 2.24) is 10.2 Å². The summed E-state index contributed by atoms with van der Waals surface area (Å²) in [6, 6.07) is -1.92. The molecule has 4 N–H and O–H groups in total. The number of rotatable bonds is 14. The second-order valence-electron chi connectivity index (χ2n) is 11.1. The van der Waals surface area contributed by atoms with Gasteiger partial charge in [0.2, 0.25) is 11.8 Å². The van der Waals surface area contributed by atoms with E-state index in [2.05, 4.69) is 19.2 Å². The summed E-state index contributed by atoms with van der Waals surface area (Å²) in [6.45, 7) is 15.7. The van der Waals surface area contributed by atoms with Crippen LogP contribution in [0.5, 0.6) is 0 Å². The first-order chi connectivity index (χ1) is 15.1. The Bertz CT molecular complexity index is 665. The standard InChI is InChI=1S/C26H49N3O4/c1-17(2)14-12-10-11-13-15-20(25(32)33)28-23(30)19(5)16-21(18(3)4)29(9)24(31)22(27)26(6,7)8/h16-18,20-22H,10-15,27H2,1-9H3,(H,28,30)(H,32,33)/b19-16+/t20?,21-,22-/m1/s1. The van der Waals surface area contributed by atoms with Crippen LogP contribution in [0.3, 0.4) is 0 Å². The molecule has 1 unspecified atom stereocenters. The number of carbonyl (C=O) groups excluding carboxylic acids is 2. The quantitative estimate of drug-likeness (QED) is 0.260. The van der Waals surface area contributed by atoms with Crippen molar-refractivity contribution in [2.24, 2.45) is 23.0 Å². The summed E-state index contributed by atoms with van der Waals surface area (Å²) in [5.41, 5.74) is 6.17. The molecule has 7 nitrogen and oxygen atoms in total. The van der Waals surface area contributed by atoms with Gasteiger partial charge >= 0.3 is 5.97 Å². The minimum Gasteiger partial charge on any atom is -0.480 e. The topological polar surface area (TPSA) is 113 Å². The predicted molar refractivity (Wildman–Crippen MR) is 135 cm³/mol. The molecule has 0 aliphatic rings. The van der Waals surface area contributed by atoms with E-state index in [0.29, 0.717) is 17.9 Å². The van der Waals surface area contributed by atoms with Crippen molar-refractivity contribution in [1.29, 1.82) is 0 Å². The highest BCUT2D eigenvalue weighted by molar-refractivity contribution is 5.95. The summed E-state index contributed by atoms with van der Waals surface area (Å²) in [6.07, 6.45) is 7.25. The SMILES string of the molecule is C/C(=C\[C@H](C(C)C)N(C)C(=O)[C@@H](N)C(C)(C)C)C(=O)NC(CCCCCCC(C)C)C(=O)O. The van der Waals surface area contributed by atoms with Crippen molar-refractivity contribution in [2.45, 2.75) is 112 Å². The highest BCUT2D eigenvalue weighted by Crippen LogP contribution is 2.22. The summed E-state index contributed by atoms with van der Waals surface area (Å²) in [5.74, 6) is -0.906. The maximum absolute atomic E-state index is 12.9. The van der Waals surface area contributed by atoms with Crippen molar-refractivity contribution in [3.8, 4) is 0 Å². The fourth-order valence-corrected chi connectivity index (χ4v) is 3.60. The lowest BCUT2D eigenvalue weighted by Gasteiger charge is -2.35. The Kier molecular flexibility index (Phi) is 13.6. The number of nitrogens with zero attached hydrogens (tertiary/aromatic N) is 1. The fourth-order valence-electron chi connectivity index (χ4n) is 3.60. The van der Waals surface area contributed by atoms with E-state index in [1.165, 1.54) is 6.42 Å². The van der Waals surface area contributed by atoms with E-state index in [1.807, 2.05) is 34.6 Å². The highest BCUT2D eigenvalue weighted by Gasteiger charge is 2.33. The first-order valence-electron chi connectivity index (χ1n) is 12.3. The molecule has 33 heavy (non-hydrogen) atoms. The molecule has 0 aromatic heterocycles. The number of amides is 2. The van der Waals surface area contributed by atoms with Crippen LogP contribution in [0.15, 0.2) is 11.6 Å². The number of hydrogen-bond acceptors (Lipinski definition) is 4. The summed E-state index contributed by atoms with van der Waals surface area (Å²) in [4.78, 5) is 38.9. The van der Waals surface area contributed by atoms with Crippen LogP contribution in [0.4, 0.5) is 0 Å². The highest BCUT2D eigenvalue weighted by atomic mass is 16.4. The molecule has 0 rings (SSSR count). The normalized spacial score (nSPS) is 15.3. The summed E-state index contributed by atoms with van der Waals surface area (Å²) >= 11 is 0. The average Bonchev–Trinajstić information content (AvgIpc) is 2.70. The van der Waals surface area contributed by atoms with Crippen LogP contribution >= 0.6 is 0 Å². The monoisotopic (exact) mass is 467 g/mol. The molecule has 3 atom stereocenters. The Labute approximate surface area is 201 Å². The lowest BCUT2D eigenvalue weighted by molar-refractivity contribution is -0.141. The van der Waals surface area contributed by atoms with Crippen LogP contribution in [-0.2, 0) is 14.4 Å². The van der Waals surface area contributed by atoms with Gasteiger partial charge in [-0.25, -0.2) is 4.79 Å². The maximum Gasteiger partial charge on any atom is 0.326 e. The first-order valence-corrected chi connectivity index (χ1v) is 12.3. The molecule has 0 aliphatic carbocycles. The van der Waals surface area contributed by atoms with E-state index in [-0.39, 0.29) is 23.3 Å². The lowest BCUT2D eigenvalue weighted by Crippen LogP contribution is -2.52. The number of carboxylic acid groups (broad SMARTS) is 1. The molecule has 0 spiro atoms. The number of unbranched alkanes of at least 4 members (excludes halogenated alkanes) is 3. The molecule has 2 amide bonds. The molecule has 7 heteroatoms. The second-order valence-corrected chi connectivity index (χ2v) is 11.1. The predicted octanol–water partition coefficient (Wildman–Crippen LogP) is 4.36. The molecule has 0 saturated carbocycles. The molecule has 0 bridgehead atoms. The van der Waals surface area contributed by atoms with Crippen molar-refractivity contribution < 1.29 is 19.5 Å². The van der Waals surface area contributed by atoms with Crippen molar-refractivity contribution in [3.05, 3.63) is 11.6 Å². The number of nitrogens with two attached hydrogens (primary N) is 1. The molecule has 0 radical (unpaired) electrons. The molecule has 0 fully saturated rings. The van der Waals surface area contributed by atoms with Crippen LogP contribution in [0.2, 0.25) is 0 Å². The van der Waals surface area contributed by atoms with E-state index < -0.39 is 24.0 Å². The van der Waals surface area contributed by atoms with E-state index in [1.54, 1.807) is 24.9 Å². The molecular formula is C26H49N3O4. The number of likely N-dealkylation sites (N-methyl/N-ethyl adjacent to an activating group) is 1. The number of aliphatic carboxylic acids is 1. The minimum absolute atomic E-state index is 0.0509. The van der Waals surface area contributed by atoms with Crippen molar-refractivity contribution in [2.75, 3.05) is 7.05 Å². The number of nitrogens with one attached hydrogen (secondary N) is 1. The minimum atomic E-state index is -1.03. The second kappa shape index (κ2) is 14.4. The van der Waals surface area contributed by atoms with Gasteiger partial charge in [0.05, 0.1) is 12.1 Å². The third kappa shape index (κ3) is 11.7. The fraction of sp³-hybridized carbons (Fsp3) is 0.808. The molecule has 0 heterocycles. The third-order valence-corrected chi connectivity index (χ3v) is 6.08. The maximum atomic E-state index is 12.9. The third-order valence-electron chi connectivity index (χ3n) is 6.08. The number of carbonyl (C=O) groups is 3. The Morgan fingerprint density at radius 2 is 1.52 bits per heavy atom. The smallest absolute Gasteiger partial charge is 0.326 e. The van der Waals surface area contributed by atoms with Gasteiger partial charge in [-0.3, -0.25) is 9.59 Å². The number of hydrogen-bond donors (Lipinski definition) is 3. The largest absolute Gasteiger partial charge is 0.480 e. The van der Waals surface area contributed by atoms with Crippen LogP contribution < -0.4 is 11.1 Å². The average molecular weight is 468 g/mol. The van der Waals surface area contributed by atoms with Crippen LogP contribution in [0, 0.1) is 17.3 Å². The Morgan fingerprint density at radius 1 is 1.00 bits per heavy atom. The van der Waals surface area contributed by atoms with Gasteiger partial charge in [-0.15, -0.1) is 0 Å². The Morgan fingerprint density at radius 3 is 1.94 bits per heavy atom. The van der Waals surface area contributed by atoms with Gasteiger partial charge in [-0.2, -0.15) is 0 Å². The zero-order valence-electron chi connectivity index (χ0n) is 22.4. The van der Waals surface area contributed by atoms with E-state index in [0.717, 1.165) is 25.7 Å². The molecule has 0 aliphatic heterocycles. The zero-order valence-corrected chi connectivity index (χ0v) is 22.4. The van der Waals surface area contributed by atoms with E-state index in [4.69, 9.17) is 5.73 Å². The van der Waals surface area contributed by atoms with Gasteiger partial charge < -0.3 is 21.1 Å². The Hall–Kier alpha value is -1.89. The molecule has 192 valence electrons. The van der Waals surface area contributed by atoms with Crippen LogP contribution in [-0.4, -0.2) is 53.0 Å². The molecular weight excluding hydrogens is 418 g/mol. The van der Waals surface area contributed by atoms with Crippen LogP contribution in [0.1, 0.15) is 93.9 Å². The molecule has 0 aromatic rings. The van der Waals surface area contributed by atoms with E-state index >= 15 is 0 Å². The van der Waals surface area contributed by atoms with Crippen molar-refractivity contribution >= 4 is 17.8 Å². The summed E-state index contributed by atoms with van der Waals surface area (Å²) in [7, 11) is 1.69. The first kappa shape index (κ1) is 31.1. The molecule has 0 saturated heterocycles. The van der Waals surface area contributed by atoms with Gasteiger partial charge in [0.1, 0.15) is 6.04 Å². The molecule has 0 aromatic carbocycles.